The van der Waals surface area contributed by atoms with E-state index in [0.717, 1.165) is 24.2 Å². The lowest BCUT2D eigenvalue weighted by Gasteiger charge is -2.24. The van der Waals surface area contributed by atoms with Gasteiger partial charge in [-0.05, 0) is 43.4 Å². The van der Waals surface area contributed by atoms with Crippen LogP contribution in [-0.2, 0) is 16.0 Å². The van der Waals surface area contributed by atoms with Crippen LogP contribution in [0.2, 0.25) is 0 Å². The maximum absolute atomic E-state index is 12.4. The zero-order chi connectivity index (χ0) is 17.5. The summed E-state index contributed by atoms with van der Waals surface area (Å²) in [6, 6.07) is 7.65. The van der Waals surface area contributed by atoms with Crippen molar-refractivity contribution < 1.29 is 19.4 Å². The summed E-state index contributed by atoms with van der Waals surface area (Å²) in [4.78, 5) is 25.3. The van der Waals surface area contributed by atoms with Crippen LogP contribution in [0.1, 0.15) is 31.2 Å². The number of likely N-dealkylation sites (tertiary alicyclic amines) is 1. The molecule has 1 aliphatic heterocycles. The molecule has 0 aliphatic carbocycles. The lowest BCUT2D eigenvalue weighted by Crippen LogP contribution is -2.41. The fraction of sp³-hybridized carbons (Fsp3) is 0.556. The molecule has 0 aromatic heterocycles. The highest BCUT2D eigenvalue weighted by molar-refractivity contribution is 5.77. The molecule has 3 N–H and O–H groups in total. The Hall–Kier alpha value is -2.08. The summed E-state index contributed by atoms with van der Waals surface area (Å²) in [5.41, 5.74) is 7.13. The van der Waals surface area contributed by atoms with E-state index in [1.54, 1.807) is 12.0 Å². The molecule has 0 bridgehead atoms. The van der Waals surface area contributed by atoms with Crippen LogP contribution in [0.15, 0.2) is 24.3 Å². The van der Waals surface area contributed by atoms with E-state index in [1.165, 1.54) is 0 Å². The van der Waals surface area contributed by atoms with Gasteiger partial charge in [-0.2, -0.15) is 0 Å². The number of ether oxygens (including phenoxy) is 1. The number of carbonyl (C=O) groups is 2. The second-order valence-electron chi connectivity index (χ2n) is 6.37. The third kappa shape index (κ3) is 5.23. The Kier molecular flexibility index (Phi) is 6.61. The van der Waals surface area contributed by atoms with Crippen molar-refractivity contribution in [3.63, 3.8) is 0 Å². The van der Waals surface area contributed by atoms with Gasteiger partial charge in [0, 0.05) is 25.6 Å². The second kappa shape index (κ2) is 8.68. The van der Waals surface area contributed by atoms with Gasteiger partial charge in [-0.3, -0.25) is 9.59 Å². The standard InChI is InChI=1S/C18H26N2O4/c1-24-16-9-5-13(6-10-16)3-2-4-17(21)20-11-14(18(22)23)7-8-15(19)12-20/h5-6,9-10,14-15H,2-4,7-8,11-12,19H2,1H3,(H,22,23)/t14-,15+/m0/s1. The van der Waals surface area contributed by atoms with Gasteiger partial charge in [-0.1, -0.05) is 12.1 Å². The maximum atomic E-state index is 12.4. The highest BCUT2D eigenvalue weighted by Crippen LogP contribution is 2.18. The summed E-state index contributed by atoms with van der Waals surface area (Å²) >= 11 is 0. The zero-order valence-corrected chi connectivity index (χ0v) is 14.1. The number of methoxy groups -OCH3 is 1. The first-order valence-electron chi connectivity index (χ1n) is 8.38. The quantitative estimate of drug-likeness (QED) is 0.825. The van der Waals surface area contributed by atoms with Gasteiger partial charge in [0.25, 0.3) is 0 Å². The molecule has 1 fully saturated rings. The molecule has 0 spiro atoms. The number of carboxylic acids is 1. The van der Waals surface area contributed by atoms with Gasteiger partial charge in [0.05, 0.1) is 13.0 Å². The lowest BCUT2D eigenvalue weighted by atomic mass is 10.0. The molecular weight excluding hydrogens is 308 g/mol. The highest BCUT2D eigenvalue weighted by atomic mass is 16.5. The Balaban J connectivity index is 1.84. The molecule has 0 radical (unpaired) electrons. The Morgan fingerprint density at radius 3 is 2.58 bits per heavy atom. The fourth-order valence-electron chi connectivity index (χ4n) is 3.02. The monoisotopic (exact) mass is 334 g/mol. The fourth-order valence-corrected chi connectivity index (χ4v) is 3.02. The smallest absolute Gasteiger partial charge is 0.308 e. The minimum Gasteiger partial charge on any atom is -0.497 e. The van der Waals surface area contributed by atoms with E-state index in [9.17, 15) is 14.7 Å². The average Bonchev–Trinajstić information content (AvgIpc) is 2.77. The number of hydrogen-bond donors (Lipinski definition) is 2. The van der Waals surface area contributed by atoms with E-state index in [2.05, 4.69) is 0 Å². The maximum Gasteiger partial charge on any atom is 0.308 e. The van der Waals surface area contributed by atoms with Gasteiger partial charge < -0.3 is 20.5 Å². The molecule has 1 aromatic carbocycles. The lowest BCUT2D eigenvalue weighted by molar-refractivity contribution is -0.143. The van der Waals surface area contributed by atoms with E-state index in [-0.39, 0.29) is 18.5 Å². The number of nitrogens with two attached hydrogens (primary N) is 1. The number of aliphatic carboxylic acids is 1. The zero-order valence-electron chi connectivity index (χ0n) is 14.1. The van der Waals surface area contributed by atoms with Gasteiger partial charge in [0.15, 0.2) is 0 Å². The Labute approximate surface area is 142 Å². The molecule has 2 rings (SSSR count). The second-order valence-corrected chi connectivity index (χ2v) is 6.37. The number of carbonyl (C=O) groups excluding carboxylic acids is 1. The number of hydrogen-bond acceptors (Lipinski definition) is 4. The molecule has 24 heavy (non-hydrogen) atoms. The molecule has 1 amide bonds. The molecule has 1 aliphatic rings. The molecule has 1 saturated heterocycles. The van der Waals surface area contributed by atoms with Crippen molar-refractivity contribution in [2.45, 2.75) is 38.1 Å². The molecule has 0 saturated carbocycles. The summed E-state index contributed by atoms with van der Waals surface area (Å²) in [5.74, 6) is -0.551. The predicted molar refractivity (Wildman–Crippen MR) is 90.8 cm³/mol. The number of benzene rings is 1. The SMILES string of the molecule is COc1ccc(CCCC(=O)N2C[C@H](N)CC[C@H](C(=O)O)C2)cc1. The summed E-state index contributed by atoms with van der Waals surface area (Å²) in [6.45, 7) is 0.718. The molecule has 1 heterocycles. The minimum absolute atomic E-state index is 0.00730. The van der Waals surface area contributed by atoms with Crippen molar-refractivity contribution >= 4 is 11.9 Å². The van der Waals surface area contributed by atoms with Crippen LogP contribution < -0.4 is 10.5 Å². The van der Waals surface area contributed by atoms with Crippen molar-refractivity contribution in [3.05, 3.63) is 29.8 Å². The van der Waals surface area contributed by atoms with Crippen LogP contribution in [0, 0.1) is 5.92 Å². The van der Waals surface area contributed by atoms with Gasteiger partial charge in [-0.25, -0.2) is 0 Å². The summed E-state index contributed by atoms with van der Waals surface area (Å²) in [7, 11) is 1.63. The Morgan fingerprint density at radius 1 is 1.25 bits per heavy atom. The van der Waals surface area contributed by atoms with Gasteiger partial charge in [0.2, 0.25) is 5.91 Å². The molecule has 6 nitrogen and oxygen atoms in total. The van der Waals surface area contributed by atoms with Crippen LogP contribution in [0.4, 0.5) is 0 Å². The first kappa shape index (κ1) is 18.3. The van der Waals surface area contributed by atoms with E-state index in [0.29, 0.717) is 25.8 Å². The van der Waals surface area contributed by atoms with Crippen LogP contribution in [0.3, 0.4) is 0 Å². The number of aryl methyl sites for hydroxylation is 1. The third-order valence-electron chi connectivity index (χ3n) is 4.50. The van der Waals surface area contributed by atoms with Crippen molar-refractivity contribution in [2.24, 2.45) is 11.7 Å². The van der Waals surface area contributed by atoms with Crippen LogP contribution >= 0.6 is 0 Å². The molecule has 0 unspecified atom stereocenters. The highest BCUT2D eigenvalue weighted by Gasteiger charge is 2.28. The average molecular weight is 334 g/mol. The summed E-state index contributed by atoms with van der Waals surface area (Å²) in [5, 5.41) is 9.23. The van der Waals surface area contributed by atoms with E-state index < -0.39 is 11.9 Å². The molecular formula is C18H26N2O4. The van der Waals surface area contributed by atoms with Crippen LogP contribution in [0.25, 0.3) is 0 Å². The summed E-state index contributed by atoms with van der Waals surface area (Å²) < 4.78 is 5.12. The summed E-state index contributed by atoms with van der Waals surface area (Å²) in [6.07, 6.45) is 3.12. The molecule has 132 valence electrons. The minimum atomic E-state index is -0.847. The van der Waals surface area contributed by atoms with Crippen LogP contribution in [0.5, 0.6) is 5.75 Å². The first-order chi connectivity index (χ1) is 11.5. The molecule has 2 atom stereocenters. The first-order valence-corrected chi connectivity index (χ1v) is 8.38. The van der Waals surface area contributed by atoms with Crippen molar-refractivity contribution in [3.8, 4) is 5.75 Å². The van der Waals surface area contributed by atoms with Crippen LogP contribution in [-0.4, -0.2) is 48.1 Å². The Morgan fingerprint density at radius 2 is 1.96 bits per heavy atom. The van der Waals surface area contributed by atoms with E-state index >= 15 is 0 Å². The topological polar surface area (TPSA) is 92.9 Å². The van der Waals surface area contributed by atoms with Crippen molar-refractivity contribution in [1.82, 2.24) is 4.90 Å². The van der Waals surface area contributed by atoms with E-state index in [4.69, 9.17) is 10.5 Å². The Bertz CT molecular complexity index is 559. The normalized spacial score (nSPS) is 21.2. The molecule has 6 heteroatoms. The number of rotatable bonds is 6. The number of nitrogens with zero attached hydrogens (tertiary/aromatic N) is 1. The van der Waals surface area contributed by atoms with Crippen molar-refractivity contribution in [1.29, 1.82) is 0 Å². The van der Waals surface area contributed by atoms with Gasteiger partial charge >= 0.3 is 5.97 Å². The number of carboxylic acid groups (broad SMARTS) is 1. The van der Waals surface area contributed by atoms with E-state index in [1.807, 2.05) is 24.3 Å². The van der Waals surface area contributed by atoms with Gasteiger partial charge in [0.1, 0.15) is 5.75 Å². The predicted octanol–water partition coefficient (Wildman–Crippen LogP) is 1.67. The molecule has 1 aromatic rings. The van der Waals surface area contributed by atoms with Crippen molar-refractivity contribution in [2.75, 3.05) is 20.2 Å². The third-order valence-corrected chi connectivity index (χ3v) is 4.50. The number of amides is 1. The van der Waals surface area contributed by atoms with Gasteiger partial charge in [-0.15, -0.1) is 0 Å². The largest absolute Gasteiger partial charge is 0.497 e.